The Morgan fingerprint density at radius 2 is 2.08 bits per heavy atom. The molecular weight excluding hydrogens is 226 g/mol. The molecule has 0 radical (unpaired) electrons. The van der Waals surface area contributed by atoms with Crippen molar-refractivity contribution in [1.82, 2.24) is 0 Å². The van der Waals surface area contributed by atoms with Crippen molar-refractivity contribution in [3.05, 3.63) is 33.8 Å². The number of aryl methyl sites for hydroxylation is 1. The molecule has 0 spiro atoms. The van der Waals surface area contributed by atoms with E-state index in [0.29, 0.717) is 0 Å². The molecule has 1 aromatic rings. The Balaban J connectivity index is 2.40. The first-order valence-corrected chi connectivity index (χ1v) is 5.47. The summed E-state index contributed by atoms with van der Waals surface area (Å²) in [5.41, 5.74) is 8.74. The molecule has 0 saturated heterocycles. The molecule has 70 valence electrons. The maximum atomic E-state index is 6.25. The molecule has 0 aromatic heterocycles. The van der Waals surface area contributed by atoms with E-state index in [0.717, 1.165) is 17.3 Å². The minimum Gasteiger partial charge on any atom is -0.321 e. The van der Waals surface area contributed by atoms with Gasteiger partial charge in [-0.3, -0.25) is 0 Å². The van der Waals surface area contributed by atoms with Crippen molar-refractivity contribution < 1.29 is 0 Å². The maximum absolute atomic E-state index is 6.25. The minimum atomic E-state index is -0.0491. The highest BCUT2D eigenvalue weighted by Crippen LogP contribution is 2.41. The summed E-state index contributed by atoms with van der Waals surface area (Å²) in [6.45, 7) is 2.10. The lowest BCUT2D eigenvalue weighted by Crippen LogP contribution is -2.43. The van der Waals surface area contributed by atoms with Crippen LogP contribution in [-0.4, -0.2) is 0 Å². The van der Waals surface area contributed by atoms with Gasteiger partial charge >= 0.3 is 0 Å². The summed E-state index contributed by atoms with van der Waals surface area (Å²) in [6, 6.07) is 6.42. The molecule has 0 bridgehead atoms. The Morgan fingerprint density at radius 1 is 1.38 bits per heavy atom. The molecule has 0 heterocycles. The van der Waals surface area contributed by atoms with E-state index >= 15 is 0 Å². The van der Waals surface area contributed by atoms with Gasteiger partial charge in [0.2, 0.25) is 0 Å². The minimum absolute atomic E-state index is 0.0491. The summed E-state index contributed by atoms with van der Waals surface area (Å²) in [5.74, 6) is 0. The van der Waals surface area contributed by atoms with E-state index in [1.54, 1.807) is 0 Å². The normalized spacial score (nSPS) is 19.6. The van der Waals surface area contributed by atoms with Crippen LogP contribution < -0.4 is 5.73 Å². The lowest BCUT2D eigenvalue weighted by atomic mass is 9.73. The van der Waals surface area contributed by atoms with Gasteiger partial charge < -0.3 is 5.73 Å². The average Bonchev–Trinajstić information content (AvgIpc) is 2.00. The monoisotopic (exact) mass is 239 g/mol. The molecule has 1 nitrogen and oxygen atoms in total. The van der Waals surface area contributed by atoms with E-state index in [9.17, 15) is 0 Å². The van der Waals surface area contributed by atoms with Gasteiger partial charge in [-0.25, -0.2) is 0 Å². The smallest absolute Gasteiger partial charge is 0.0420 e. The molecule has 1 fully saturated rings. The van der Waals surface area contributed by atoms with Crippen molar-refractivity contribution in [3.8, 4) is 0 Å². The third-order valence-corrected chi connectivity index (χ3v) is 3.56. The molecule has 0 aliphatic heterocycles. The van der Waals surface area contributed by atoms with Gasteiger partial charge in [-0.05, 0) is 43.4 Å². The van der Waals surface area contributed by atoms with Gasteiger partial charge in [-0.1, -0.05) is 28.1 Å². The zero-order chi connectivity index (χ0) is 9.47. The van der Waals surface area contributed by atoms with Crippen LogP contribution in [0.3, 0.4) is 0 Å². The zero-order valence-electron chi connectivity index (χ0n) is 7.81. The quantitative estimate of drug-likeness (QED) is 0.801. The van der Waals surface area contributed by atoms with Crippen molar-refractivity contribution in [1.29, 1.82) is 0 Å². The molecule has 1 saturated carbocycles. The molecule has 2 rings (SSSR count). The van der Waals surface area contributed by atoms with E-state index in [4.69, 9.17) is 5.73 Å². The Morgan fingerprint density at radius 3 is 2.54 bits per heavy atom. The summed E-state index contributed by atoms with van der Waals surface area (Å²) in [5, 5.41) is 0. The second-order valence-corrected chi connectivity index (χ2v) is 4.85. The van der Waals surface area contributed by atoms with Gasteiger partial charge in [0.15, 0.2) is 0 Å². The van der Waals surface area contributed by atoms with Gasteiger partial charge in [0.25, 0.3) is 0 Å². The average molecular weight is 240 g/mol. The van der Waals surface area contributed by atoms with E-state index < -0.39 is 0 Å². The molecule has 0 unspecified atom stereocenters. The summed E-state index contributed by atoms with van der Waals surface area (Å²) >= 11 is 3.58. The van der Waals surface area contributed by atoms with Crippen LogP contribution in [0, 0.1) is 6.92 Å². The fourth-order valence-electron chi connectivity index (χ4n) is 1.85. The highest BCUT2D eigenvalue weighted by molar-refractivity contribution is 9.10. The van der Waals surface area contributed by atoms with Crippen LogP contribution in [0.25, 0.3) is 0 Å². The van der Waals surface area contributed by atoms with Crippen LogP contribution in [0.15, 0.2) is 22.7 Å². The first-order chi connectivity index (χ1) is 6.12. The predicted molar refractivity (Wildman–Crippen MR) is 58.6 cm³/mol. The topological polar surface area (TPSA) is 26.0 Å². The molecule has 0 atom stereocenters. The fourth-order valence-corrected chi connectivity index (χ4v) is 2.74. The van der Waals surface area contributed by atoms with Crippen LogP contribution in [-0.2, 0) is 5.54 Å². The summed E-state index contributed by atoms with van der Waals surface area (Å²) in [4.78, 5) is 0. The molecule has 1 aromatic carbocycles. The molecule has 0 amide bonds. The first kappa shape index (κ1) is 9.22. The van der Waals surface area contributed by atoms with Gasteiger partial charge in [-0.15, -0.1) is 0 Å². The Kier molecular flexibility index (Phi) is 2.20. The van der Waals surface area contributed by atoms with Crippen LogP contribution in [0.1, 0.15) is 30.4 Å². The number of benzene rings is 1. The second kappa shape index (κ2) is 3.10. The van der Waals surface area contributed by atoms with Crippen molar-refractivity contribution in [2.45, 2.75) is 31.7 Å². The SMILES string of the molecule is Cc1ccc(C2(N)CCC2)c(Br)c1. The van der Waals surface area contributed by atoms with Crippen LogP contribution in [0.4, 0.5) is 0 Å². The van der Waals surface area contributed by atoms with Crippen molar-refractivity contribution in [3.63, 3.8) is 0 Å². The molecular formula is C11H14BrN. The lowest BCUT2D eigenvalue weighted by Gasteiger charge is -2.39. The van der Waals surface area contributed by atoms with Crippen LogP contribution in [0.5, 0.6) is 0 Å². The Bertz CT molecular complexity index is 329. The summed E-state index contributed by atoms with van der Waals surface area (Å²) < 4.78 is 1.16. The molecule has 2 heteroatoms. The Labute approximate surface area is 87.5 Å². The van der Waals surface area contributed by atoms with Gasteiger partial charge in [0.1, 0.15) is 0 Å². The third kappa shape index (κ3) is 1.53. The second-order valence-electron chi connectivity index (χ2n) is 3.99. The van der Waals surface area contributed by atoms with Crippen LogP contribution in [0.2, 0.25) is 0 Å². The fraction of sp³-hybridized carbons (Fsp3) is 0.455. The Hall–Kier alpha value is -0.340. The molecule has 2 N–H and O–H groups in total. The van der Waals surface area contributed by atoms with Crippen molar-refractivity contribution >= 4 is 15.9 Å². The summed E-state index contributed by atoms with van der Waals surface area (Å²) in [7, 11) is 0. The van der Waals surface area contributed by atoms with Crippen molar-refractivity contribution in [2.24, 2.45) is 5.73 Å². The van der Waals surface area contributed by atoms with E-state index in [1.165, 1.54) is 17.5 Å². The van der Waals surface area contributed by atoms with Gasteiger partial charge in [-0.2, -0.15) is 0 Å². The highest BCUT2D eigenvalue weighted by atomic mass is 79.9. The third-order valence-electron chi connectivity index (χ3n) is 2.91. The van der Waals surface area contributed by atoms with E-state index in [2.05, 4.69) is 41.1 Å². The van der Waals surface area contributed by atoms with Gasteiger partial charge in [0.05, 0.1) is 0 Å². The van der Waals surface area contributed by atoms with Gasteiger partial charge in [0, 0.05) is 10.0 Å². The van der Waals surface area contributed by atoms with Crippen LogP contribution >= 0.6 is 15.9 Å². The predicted octanol–water partition coefficient (Wildman–Crippen LogP) is 3.10. The van der Waals surface area contributed by atoms with Crippen molar-refractivity contribution in [2.75, 3.05) is 0 Å². The molecule has 1 aliphatic rings. The lowest BCUT2D eigenvalue weighted by molar-refractivity contribution is 0.252. The highest BCUT2D eigenvalue weighted by Gasteiger charge is 2.35. The largest absolute Gasteiger partial charge is 0.321 e. The number of hydrogen-bond acceptors (Lipinski definition) is 1. The molecule has 1 aliphatic carbocycles. The standard InChI is InChI=1S/C11H14BrN/c1-8-3-4-9(10(12)7-8)11(13)5-2-6-11/h3-4,7H,2,5-6,13H2,1H3. The number of rotatable bonds is 1. The zero-order valence-corrected chi connectivity index (χ0v) is 9.39. The van der Waals surface area contributed by atoms with E-state index in [1.807, 2.05) is 0 Å². The first-order valence-electron chi connectivity index (χ1n) is 4.67. The number of nitrogens with two attached hydrogens (primary N) is 1. The number of halogens is 1. The summed E-state index contributed by atoms with van der Waals surface area (Å²) in [6.07, 6.45) is 3.50. The van der Waals surface area contributed by atoms with E-state index in [-0.39, 0.29) is 5.54 Å². The maximum Gasteiger partial charge on any atom is 0.0420 e. The number of hydrogen-bond donors (Lipinski definition) is 1. The molecule has 13 heavy (non-hydrogen) atoms.